The highest BCUT2D eigenvalue weighted by molar-refractivity contribution is 7.12. The lowest BCUT2D eigenvalue weighted by atomic mass is 10.1. The number of carbonyl (C=O) groups excluding carboxylic acids is 1. The van der Waals surface area contributed by atoms with Crippen molar-refractivity contribution in [2.75, 3.05) is 25.5 Å². The number of anilines is 1. The van der Waals surface area contributed by atoms with Gasteiger partial charge in [0.15, 0.2) is 0 Å². The van der Waals surface area contributed by atoms with Crippen LogP contribution in [-0.2, 0) is 0 Å². The molecule has 0 aliphatic carbocycles. The van der Waals surface area contributed by atoms with Crippen LogP contribution in [-0.4, -0.2) is 52.2 Å². The van der Waals surface area contributed by atoms with Crippen molar-refractivity contribution < 1.29 is 9.53 Å². The van der Waals surface area contributed by atoms with E-state index in [-0.39, 0.29) is 12.0 Å². The Morgan fingerprint density at radius 3 is 2.66 bits per heavy atom. The first-order chi connectivity index (χ1) is 15.6. The van der Waals surface area contributed by atoms with Crippen LogP contribution < -0.4 is 10.1 Å². The average molecular weight is 446 g/mol. The fourth-order valence-electron chi connectivity index (χ4n) is 3.81. The zero-order chi connectivity index (χ0) is 21.9. The van der Waals surface area contributed by atoms with E-state index < -0.39 is 0 Å². The monoisotopic (exact) mass is 445 g/mol. The zero-order valence-corrected chi connectivity index (χ0v) is 18.5. The van der Waals surface area contributed by atoms with Crippen molar-refractivity contribution in [3.8, 4) is 16.3 Å². The Bertz CT molecular complexity index is 1220. The molecule has 4 aromatic rings. The molecule has 0 spiro atoms. The summed E-state index contributed by atoms with van der Waals surface area (Å²) in [6, 6.07) is 15.2. The van der Waals surface area contributed by atoms with Crippen LogP contribution in [0, 0.1) is 0 Å². The molecule has 8 heteroatoms. The van der Waals surface area contributed by atoms with Crippen LogP contribution in [0.5, 0.6) is 5.75 Å². The van der Waals surface area contributed by atoms with E-state index in [0.717, 1.165) is 53.0 Å². The molecule has 1 aliphatic heterocycles. The molecule has 0 atom stereocenters. The van der Waals surface area contributed by atoms with Crippen LogP contribution in [0.15, 0.2) is 60.2 Å². The number of fused-ring (bicyclic) bond motifs is 1. The van der Waals surface area contributed by atoms with Crippen molar-refractivity contribution >= 4 is 33.8 Å². The molecule has 1 fully saturated rings. The van der Waals surface area contributed by atoms with E-state index in [9.17, 15) is 4.79 Å². The van der Waals surface area contributed by atoms with Crippen molar-refractivity contribution in [3.63, 3.8) is 0 Å². The minimum Gasteiger partial charge on any atom is -0.490 e. The van der Waals surface area contributed by atoms with Gasteiger partial charge in [-0.1, -0.05) is 23.5 Å². The van der Waals surface area contributed by atoms with Crippen molar-refractivity contribution in [3.05, 3.63) is 65.8 Å². The van der Waals surface area contributed by atoms with Crippen LogP contribution >= 0.6 is 11.3 Å². The Balaban J connectivity index is 1.26. The standard InChI is InChI=1S/C24H23N5O2S/c1-29-10-8-21(9-11-29)31-20-6-4-16(5-7-20)23(30)27-22-13-19-12-17(24-28-26-15-32-24)2-3-18(19)14-25-22/h2-7,12-15,21H,8-11H2,1H3,(H,25,27,30). The third kappa shape index (κ3) is 4.61. The number of piperidine rings is 1. The fraction of sp³-hybridized carbons (Fsp3) is 0.250. The maximum atomic E-state index is 12.7. The predicted octanol–water partition coefficient (Wildman–Crippen LogP) is 4.48. The number of likely N-dealkylation sites (tertiary alicyclic amines) is 1. The molecule has 1 N–H and O–H groups in total. The van der Waals surface area contributed by atoms with Crippen molar-refractivity contribution in [1.82, 2.24) is 20.1 Å². The number of aromatic nitrogens is 3. The molecule has 1 aliphatic rings. The third-order valence-corrected chi connectivity index (χ3v) is 6.40. The van der Waals surface area contributed by atoms with Gasteiger partial charge < -0.3 is 15.0 Å². The summed E-state index contributed by atoms with van der Waals surface area (Å²) in [5.41, 5.74) is 3.26. The van der Waals surface area contributed by atoms with E-state index in [4.69, 9.17) is 4.74 Å². The molecule has 0 saturated carbocycles. The Morgan fingerprint density at radius 1 is 1.09 bits per heavy atom. The van der Waals surface area contributed by atoms with Gasteiger partial charge in [-0.2, -0.15) is 0 Å². The number of ether oxygens (including phenoxy) is 1. The molecule has 162 valence electrons. The minimum atomic E-state index is -0.206. The van der Waals surface area contributed by atoms with E-state index in [1.165, 1.54) is 11.3 Å². The lowest BCUT2D eigenvalue weighted by molar-refractivity contribution is 0.102. The Labute approximate surface area is 190 Å². The summed E-state index contributed by atoms with van der Waals surface area (Å²) in [7, 11) is 2.13. The highest BCUT2D eigenvalue weighted by atomic mass is 32.1. The van der Waals surface area contributed by atoms with Crippen molar-refractivity contribution in [2.24, 2.45) is 0 Å². The van der Waals surface area contributed by atoms with E-state index in [0.29, 0.717) is 11.4 Å². The molecule has 7 nitrogen and oxygen atoms in total. The molecule has 0 radical (unpaired) electrons. The predicted molar refractivity (Wildman–Crippen MR) is 126 cm³/mol. The van der Waals surface area contributed by atoms with Crippen molar-refractivity contribution in [1.29, 1.82) is 0 Å². The van der Waals surface area contributed by atoms with E-state index >= 15 is 0 Å². The smallest absolute Gasteiger partial charge is 0.256 e. The number of nitrogens with one attached hydrogen (secondary N) is 1. The molecule has 32 heavy (non-hydrogen) atoms. The van der Waals surface area contributed by atoms with Gasteiger partial charge in [-0.3, -0.25) is 4.79 Å². The van der Waals surface area contributed by atoms with Crippen molar-refractivity contribution in [2.45, 2.75) is 18.9 Å². The second-order valence-corrected chi connectivity index (χ2v) is 8.81. The summed E-state index contributed by atoms with van der Waals surface area (Å²) >= 11 is 1.49. The van der Waals surface area contributed by atoms with Gasteiger partial charge in [0.25, 0.3) is 5.91 Å². The molecule has 3 heterocycles. The molecule has 0 unspecified atom stereocenters. The molecule has 0 bridgehead atoms. The van der Waals surface area contributed by atoms with E-state index in [1.807, 2.05) is 36.4 Å². The maximum Gasteiger partial charge on any atom is 0.256 e. The Morgan fingerprint density at radius 2 is 1.91 bits per heavy atom. The van der Waals surface area contributed by atoms with Crippen LogP contribution in [0.4, 0.5) is 5.82 Å². The first-order valence-electron chi connectivity index (χ1n) is 10.6. The molecular formula is C24H23N5O2S. The van der Waals surface area contributed by atoms with Crippen LogP contribution in [0.3, 0.4) is 0 Å². The number of rotatable bonds is 5. The largest absolute Gasteiger partial charge is 0.490 e. The zero-order valence-electron chi connectivity index (χ0n) is 17.7. The fourth-order valence-corrected chi connectivity index (χ4v) is 4.36. The topological polar surface area (TPSA) is 80.2 Å². The summed E-state index contributed by atoms with van der Waals surface area (Å²) in [6.45, 7) is 2.10. The lowest BCUT2D eigenvalue weighted by Gasteiger charge is -2.29. The quantitative estimate of drug-likeness (QED) is 0.488. The maximum absolute atomic E-state index is 12.7. The Hall–Kier alpha value is -3.36. The first-order valence-corrected chi connectivity index (χ1v) is 11.4. The van der Waals surface area contributed by atoms with Gasteiger partial charge in [-0.25, -0.2) is 4.98 Å². The van der Waals surface area contributed by atoms with E-state index in [1.54, 1.807) is 23.8 Å². The van der Waals surface area contributed by atoms with Gasteiger partial charge in [0.1, 0.15) is 28.2 Å². The molecule has 1 saturated heterocycles. The second-order valence-electron chi connectivity index (χ2n) is 7.97. The van der Waals surface area contributed by atoms with Crippen LogP contribution in [0.25, 0.3) is 21.3 Å². The molecule has 5 rings (SSSR count). The summed E-state index contributed by atoms with van der Waals surface area (Å²) in [6.07, 6.45) is 4.03. The van der Waals surface area contributed by atoms with Gasteiger partial charge in [0.2, 0.25) is 0 Å². The highest BCUT2D eigenvalue weighted by Gasteiger charge is 2.18. The molecule has 2 aromatic carbocycles. The number of hydrogen-bond donors (Lipinski definition) is 1. The summed E-state index contributed by atoms with van der Waals surface area (Å²) in [5.74, 6) is 1.09. The van der Waals surface area contributed by atoms with Gasteiger partial charge in [-0.15, -0.1) is 10.2 Å². The molecule has 1 amide bonds. The summed E-state index contributed by atoms with van der Waals surface area (Å²) in [4.78, 5) is 19.4. The SMILES string of the molecule is CN1CCC(Oc2ccc(C(=O)Nc3cc4cc(-c5nncs5)ccc4cn3)cc2)CC1. The highest BCUT2D eigenvalue weighted by Crippen LogP contribution is 2.26. The first kappa shape index (κ1) is 20.5. The van der Waals surface area contributed by atoms with Gasteiger partial charge in [-0.05, 0) is 61.7 Å². The number of hydrogen-bond acceptors (Lipinski definition) is 7. The molecular weight excluding hydrogens is 422 g/mol. The van der Waals surface area contributed by atoms with Crippen LogP contribution in [0.1, 0.15) is 23.2 Å². The van der Waals surface area contributed by atoms with Gasteiger partial charge in [0, 0.05) is 35.8 Å². The van der Waals surface area contributed by atoms with Crippen LogP contribution in [0.2, 0.25) is 0 Å². The molecule has 2 aromatic heterocycles. The number of benzene rings is 2. The normalized spacial score (nSPS) is 15.0. The van der Waals surface area contributed by atoms with Gasteiger partial charge in [0.05, 0.1) is 0 Å². The number of carbonyl (C=O) groups is 1. The Kier molecular flexibility index (Phi) is 5.79. The number of nitrogens with zero attached hydrogens (tertiary/aromatic N) is 4. The number of pyridine rings is 1. The average Bonchev–Trinajstić information content (AvgIpc) is 3.36. The number of amides is 1. The minimum absolute atomic E-state index is 0.206. The second kappa shape index (κ2) is 9.02. The van der Waals surface area contributed by atoms with E-state index in [2.05, 4.69) is 32.4 Å². The lowest BCUT2D eigenvalue weighted by Crippen LogP contribution is -2.35. The summed E-state index contributed by atoms with van der Waals surface area (Å²) < 4.78 is 6.07. The van der Waals surface area contributed by atoms with Gasteiger partial charge >= 0.3 is 0 Å². The summed E-state index contributed by atoms with van der Waals surface area (Å²) in [5, 5.41) is 13.7. The third-order valence-electron chi connectivity index (χ3n) is 5.66.